The summed E-state index contributed by atoms with van der Waals surface area (Å²) in [6, 6.07) is 8.80. The van der Waals surface area contributed by atoms with Crippen LogP contribution in [0, 0.1) is 0 Å². The number of benzene rings is 1. The third-order valence-electron chi connectivity index (χ3n) is 3.21. The first-order valence-corrected chi connectivity index (χ1v) is 7.35. The quantitative estimate of drug-likeness (QED) is 0.717. The predicted molar refractivity (Wildman–Crippen MR) is 70.1 cm³/mol. The molecule has 1 nitrogen and oxygen atoms in total. The van der Waals surface area contributed by atoms with E-state index in [1.165, 1.54) is 36.1 Å². The summed E-state index contributed by atoms with van der Waals surface area (Å²) in [7, 11) is 0. The minimum absolute atomic E-state index is 0.547. The van der Waals surface area contributed by atoms with Crippen LogP contribution < -0.4 is 0 Å². The molecular formula is C14H20OS. The lowest BCUT2D eigenvalue weighted by Crippen LogP contribution is -2.09. The van der Waals surface area contributed by atoms with E-state index in [4.69, 9.17) is 4.74 Å². The van der Waals surface area contributed by atoms with Gasteiger partial charge in [-0.2, -0.15) is 0 Å². The number of thioether (sulfide) groups is 1. The minimum atomic E-state index is 0.547. The van der Waals surface area contributed by atoms with Crippen LogP contribution in [0.15, 0.2) is 29.2 Å². The van der Waals surface area contributed by atoms with E-state index in [1.807, 2.05) is 0 Å². The van der Waals surface area contributed by atoms with E-state index in [2.05, 4.69) is 30.5 Å². The molecular weight excluding hydrogens is 216 g/mol. The fourth-order valence-corrected chi connectivity index (χ4v) is 2.60. The van der Waals surface area contributed by atoms with Gasteiger partial charge in [-0.15, -0.1) is 11.8 Å². The highest BCUT2D eigenvalue weighted by Crippen LogP contribution is 2.21. The van der Waals surface area contributed by atoms with Crippen LogP contribution >= 0.6 is 11.8 Å². The molecule has 0 radical (unpaired) electrons. The maximum absolute atomic E-state index is 5.86. The van der Waals surface area contributed by atoms with E-state index < -0.39 is 0 Å². The second-order valence-corrected chi connectivity index (χ2v) is 5.25. The lowest BCUT2D eigenvalue weighted by Gasteiger charge is -2.10. The van der Waals surface area contributed by atoms with Crippen molar-refractivity contribution in [1.82, 2.24) is 0 Å². The van der Waals surface area contributed by atoms with Gasteiger partial charge in [0.2, 0.25) is 0 Å². The molecule has 2 rings (SSSR count). The smallest absolute Gasteiger partial charge is 0.0575 e. The lowest BCUT2D eigenvalue weighted by atomic mass is 10.2. The van der Waals surface area contributed by atoms with Gasteiger partial charge in [0.05, 0.1) is 12.7 Å². The van der Waals surface area contributed by atoms with Gasteiger partial charge in [0, 0.05) is 4.90 Å². The predicted octanol–water partition coefficient (Wildman–Crippen LogP) is 3.91. The molecule has 1 aromatic rings. The summed E-state index contributed by atoms with van der Waals surface area (Å²) in [5, 5.41) is 0. The molecule has 0 atom stereocenters. The Hall–Kier alpha value is -0.470. The Morgan fingerprint density at radius 3 is 2.50 bits per heavy atom. The van der Waals surface area contributed by atoms with Crippen molar-refractivity contribution in [3.8, 4) is 0 Å². The fraction of sp³-hybridized carbons (Fsp3) is 0.571. The van der Waals surface area contributed by atoms with Crippen molar-refractivity contribution in [1.29, 1.82) is 0 Å². The molecule has 1 saturated carbocycles. The van der Waals surface area contributed by atoms with Crippen molar-refractivity contribution in [3.05, 3.63) is 29.8 Å². The molecule has 1 fully saturated rings. The lowest BCUT2D eigenvalue weighted by molar-refractivity contribution is 0.0606. The fourth-order valence-electron chi connectivity index (χ4n) is 2.19. The van der Waals surface area contributed by atoms with Crippen LogP contribution in [-0.4, -0.2) is 19.0 Å². The highest BCUT2D eigenvalue weighted by Gasteiger charge is 2.14. The molecule has 2 heteroatoms. The van der Waals surface area contributed by atoms with Gasteiger partial charge in [-0.05, 0) is 43.2 Å². The van der Waals surface area contributed by atoms with Crippen LogP contribution in [0.1, 0.15) is 31.2 Å². The number of rotatable bonds is 5. The van der Waals surface area contributed by atoms with Crippen molar-refractivity contribution in [2.24, 2.45) is 0 Å². The summed E-state index contributed by atoms with van der Waals surface area (Å²) in [4.78, 5) is 1.33. The van der Waals surface area contributed by atoms with E-state index in [0.29, 0.717) is 6.10 Å². The maximum atomic E-state index is 5.86. The Morgan fingerprint density at radius 1 is 1.19 bits per heavy atom. The first kappa shape index (κ1) is 12.0. The molecule has 0 amide bonds. The van der Waals surface area contributed by atoms with E-state index in [9.17, 15) is 0 Å². The van der Waals surface area contributed by atoms with Gasteiger partial charge >= 0.3 is 0 Å². The molecule has 0 N–H and O–H groups in total. The molecule has 1 aliphatic carbocycles. The topological polar surface area (TPSA) is 9.23 Å². The zero-order chi connectivity index (χ0) is 11.2. The SMILES string of the molecule is CSc1ccc(CCOC2CCCC2)cc1. The molecule has 0 unspecified atom stereocenters. The highest BCUT2D eigenvalue weighted by atomic mass is 32.2. The highest BCUT2D eigenvalue weighted by molar-refractivity contribution is 7.98. The van der Waals surface area contributed by atoms with Crippen molar-refractivity contribution in [2.75, 3.05) is 12.9 Å². The average molecular weight is 236 g/mol. The Morgan fingerprint density at radius 2 is 1.88 bits per heavy atom. The van der Waals surface area contributed by atoms with Crippen molar-refractivity contribution < 1.29 is 4.74 Å². The number of ether oxygens (including phenoxy) is 1. The standard InChI is InChI=1S/C14H20OS/c1-16-14-8-6-12(7-9-14)10-11-15-13-4-2-3-5-13/h6-9,13H,2-5,10-11H2,1H3. The van der Waals surface area contributed by atoms with Crippen molar-refractivity contribution >= 4 is 11.8 Å². The van der Waals surface area contributed by atoms with Crippen LogP contribution in [0.2, 0.25) is 0 Å². The zero-order valence-corrected chi connectivity index (χ0v) is 10.8. The molecule has 0 aliphatic heterocycles. The van der Waals surface area contributed by atoms with Gasteiger partial charge in [0.1, 0.15) is 0 Å². The van der Waals surface area contributed by atoms with Gasteiger partial charge in [0.15, 0.2) is 0 Å². The van der Waals surface area contributed by atoms with E-state index in [0.717, 1.165) is 13.0 Å². The Balaban J connectivity index is 1.71. The first-order chi connectivity index (χ1) is 7.88. The second kappa shape index (κ2) is 6.31. The van der Waals surface area contributed by atoms with Crippen LogP contribution in [0.4, 0.5) is 0 Å². The minimum Gasteiger partial charge on any atom is -0.378 e. The Bertz CT molecular complexity index is 301. The normalized spacial score (nSPS) is 16.8. The van der Waals surface area contributed by atoms with Crippen molar-refractivity contribution in [2.45, 2.75) is 43.1 Å². The third-order valence-corrected chi connectivity index (χ3v) is 3.95. The van der Waals surface area contributed by atoms with Gasteiger partial charge in [-0.1, -0.05) is 25.0 Å². The molecule has 16 heavy (non-hydrogen) atoms. The monoisotopic (exact) mass is 236 g/mol. The summed E-state index contributed by atoms with van der Waals surface area (Å²) >= 11 is 1.79. The Kier molecular flexibility index (Phi) is 4.73. The number of hydrogen-bond acceptors (Lipinski definition) is 2. The van der Waals surface area contributed by atoms with E-state index >= 15 is 0 Å². The molecule has 0 bridgehead atoms. The van der Waals surface area contributed by atoms with Gasteiger partial charge in [-0.3, -0.25) is 0 Å². The zero-order valence-electron chi connectivity index (χ0n) is 9.95. The van der Waals surface area contributed by atoms with Gasteiger partial charge in [0.25, 0.3) is 0 Å². The largest absolute Gasteiger partial charge is 0.378 e. The number of hydrogen-bond donors (Lipinski definition) is 0. The molecule has 1 aromatic carbocycles. The summed E-state index contributed by atoms with van der Waals surface area (Å²) in [6.07, 6.45) is 8.95. The molecule has 1 aliphatic rings. The molecule has 0 aromatic heterocycles. The van der Waals surface area contributed by atoms with E-state index in [-0.39, 0.29) is 0 Å². The maximum Gasteiger partial charge on any atom is 0.0575 e. The van der Waals surface area contributed by atoms with Crippen LogP contribution in [0.25, 0.3) is 0 Å². The molecule has 0 spiro atoms. The van der Waals surface area contributed by atoms with Crippen LogP contribution in [0.5, 0.6) is 0 Å². The molecule has 0 heterocycles. The second-order valence-electron chi connectivity index (χ2n) is 4.38. The summed E-state index contributed by atoms with van der Waals surface area (Å²) in [5.41, 5.74) is 1.38. The summed E-state index contributed by atoms with van der Waals surface area (Å²) < 4.78 is 5.86. The third kappa shape index (κ3) is 3.53. The van der Waals surface area contributed by atoms with E-state index in [1.54, 1.807) is 11.8 Å². The van der Waals surface area contributed by atoms with Crippen molar-refractivity contribution in [3.63, 3.8) is 0 Å². The summed E-state index contributed by atoms with van der Waals surface area (Å²) in [5.74, 6) is 0. The molecule has 88 valence electrons. The first-order valence-electron chi connectivity index (χ1n) is 6.13. The van der Waals surface area contributed by atoms with Gasteiger partial charge in [-0.25, -0.2) is 0 Å². The van der Waals surface area contributed by atoms with Crippen LogP contribution in [0.3, 0.4) is 0 Å². The van der Waals surface area contributed by atoms with Gasteiger partial charge < -0.3 is 4.74 Å². The Labute approximate surface area is 103 Å². The summed E-state index contributed by atoms with van der Waals surface area (Å²) in [6.45, 7) is 0.878. The average Bonchev–Trinajstić information content (AvgIpc) is 2.83. The van der Waals surface area contributed by atoms with Crippen LogP contribution in [-0.2, 0) is 11.2 Å². The molecule has 0 saturated heterocycles.